The van der Waals surface area contributed by atoms with Gasteiger partial charge in [-0.3, -0.25) is 9.46 Å². The molecule has 0 aromatic heterocycles. The minimum atomic E-state index is -3.50. The molecule has 0 aliphatic carbocycles. The second kappa shape index (κ2) is 11.2. The molecule has 0 spiro atoms. The van der Waals surface area contributed by atoms with Crippen molar-refractivity contribution in [1.82, 2.24) is 9.80 Å². The molecule has 1 N–H and O–H groups in total. The predicted molar refractivity (Wildman–Crippen MR) is 111 cm³/mol. The zero-order chi connectivity index (χ0) is 20.0. The van der Waals surface area contributed by atoms with Crippen LogP contribution >= 0.6 is 20.0 Å². The normalized spacial score (nSPS) is 17.0. The summed E-state index contributed by atoms with van der Waals surface area (Å²) in [6.45, 7) is 7.27. The number of benzene rings is 1. The zero-order valence-electron chi connectivity index (χ0n) is 17.2. The quantitative estimate of drug-likeness (QED) is 0.588. The van der Waals surface area contributed by atoms with Crippen molar-refractivity contribution in [3.05, 3.63) is 17.7 Å². The Kier molecular flexibility index (Phi) is 10.0. The van der Waals surface area contributed by atoms with E-state index in [1.165, 1.54) is 14.2 Å². The van der Waals surface area contributed by atoms with Crippen LogP contribution in [0.1, 0.15) is 25.2 Å². The van der Waals surface area contributed by atoms with Crippen LogP contribution < -0.4 is 9.47 Å². The van der Waals surface area contributed by atoms with Gasteiger partial charge in [0.05, 0.1) is 27.4 Å². The number of piperazine rings is 1. The number of hydrogen-bond acceptors (Lipinski definition) is 8. The molecule has 1 unspecified atom stereocenters. The third kappa shape index (κ3) is 5.53. The highest BCUT2D eigenvalue weighted by Crippen LogP contribution is 2.63. The van der Waals surface area contributed by atoms with Gasteiger partial charge in [-0.05, 0) is 38.6 Å². The fourth-order valence-electron chi connectivity index (χ4n) is 3.26. The van der Waals surface area contributed by atoms with E-state index in [0.29, 0.717) is 5.56 Å². The average Bonchev–Trinajstić information content (AvgIpc) is 2.65. The van der Waals surface area contributed by atoms with E-state index in [-0.39, 0.29) is 42.9 Å². The second-order valence-corrected chi connectivity index (χ2v) is 8.45. The lowest BCUT2D eigenvalue weighted by molar-refractivity contribution is 0.113. The summed E-state index contributed by atoms with van der Waals surface area (Å²) in [6, 6.07) is 3.34. The van der Waals surface area contributed by atoms with E-state index in [4.69, 9.17) is 18.5 Å². The van der Waals surface area contributed by atoms with E-state index in [9.17, 15) is 9.67 Å². The Morgan fingerprint density at radius 2 is 1.50 bits per heavy atom. The molecule has 8 nitrogen and oxygen atoms in total. The van der Waals surface area contributed by atoms with Crippen LogP contribution in [-0.2, 0) is 13.6 Å². The van der Waals surface area contributed by atoms with E-state index in [1.807, 2.05) is 0 Å². The van der Waals surface area contributed by atoms with Crippen LogP contribution in [0.25, 0.3) is 0 Å². The summed E-state index contributed by atoms with van der Waals surface area (Å²) in [6.07, 6.45) is 0. The largest absolute Gasteiger partial charge is 0.502 e. The molecule has 10 heteroatoms. The molecule has 1 fully saturated rings. The summed E-state index contributed by atoms with van der Waals surface area (Å²) in [5.74, 6) is -0.205. The number of phenols is 1. The molecule has 1 saturated heterocycles. The van der Waals surface area contributed by atoms with Gasteiger partial charge in [-0.1, -0.05) is 0 Å². The monoisotopic (exact) mass is 438 g/mol. The molecular formula is C18H32ClN2O6P. The maximum atomic E-state index is 13.7. The third-order valence-corrected chi connectivity index (χ3v) is 7.06. The first kappa shape index (κ1) is 25.0. The van der Waals surface area contributed by atoms with Crippen LogP contribution in [-0.4, -0.2) is 75.6 Å². The van der Waals surface area contributed by atoms with E-state index in [1.54, 1.807) is 26.0 Å². The summed E-state index contributed by atoms with van der Waals surface area (Å²) in [4.78, 5) is 4.33. The first-order valence-electron chi connectivity index (χ1n) is 9.16. The van der Waals surface area contributed by atoms with Crippen molar-refractivity contribution in [2.45, 2.75) is 19.6 Å². The molecule has 1 aromatic rings. The minimum absolute atomic E-state index is 0. The highest BCUT2D eigenvalue weighted by atomic mass is 35.5. The Hall–Kier alpha value is -1.02. The fourth-order valence-corrected chi connectivity index (χ4v) is 5.48. The van der Waals surface area contributed by atoms with Gasteiger partial charge in [0, 0.05) is 26.2 Å². The molecule has 1 heterocycles. The van der Waals surface area contributed by atoms with Gasteiger partial charge in [-0.2, -0.15) is 0 Å². The van der Waals surface area contributed by atoms with Gasteiger partial charge in [-0.15, -0.1) is 12.4 Å². The van der Waals surface area contributed by atoms with Crippen molar-refractivity contribution < 1.29 is 28.2 Å². The number of rotatable bonds is 9. The van der Waals surface area contributed by atoms with Gasteiger partial charge in [0.1, 0.15) is 5.78 Å². The Bertz CT molecular complexity index is 634. The lowest BCUT2D eigenvalue weighted by Gasteiger charge is -2.40. The summed E-state index contributed by atoms with van der Waals surface area (Å²) >= 11 is 0. The maximum absolute atomic E-state index is 13.7. The SMILES string of the molecule is CCOP(=O)(OCC)C(c1cc(OC)c(O)c(OC)c1)N1CCN(C)CC1.Cl. The summed E-state index contributed by atoms with van der Waals surface area (Å²) in [7, 11) is 1.49. The summed E-state index contributed by atoms with van der Waals surface area (Å²) in [5, 5.41) is 10.2. The average molecular weight is 439 g/mol. The number of nitrogens with zero attached hydrogens (tertiary/aromatic N) is 2. The molecular weight excluding hydrogens is 407 g/mol. The molecule has 1 aliphatic heterocycles. The molecule has 0 bridgehead atoms. The highest BCUT2D eigenvalue weighted by Gasteiger charge is 2.42. The van der Waals surface area contributed by atoms with E-state index < -0.39 is 13.4 Å². The van der Waals surface area contributed by atoms with Crippen LogP contribution in [0, 0.1) is 0 Å². The Labute approximate surface area is 173 Å². The molecule has 28 heavy (non-hydrogen) atoms. The van der Waals surface area contributed by atoms with Gasteiger partial charge in [-0.25, -0.2) is 0 Å². The molecule has 162 valence electrons. The number of halogens is 1. The van der Waals surface area contributed by atoms with Crippen molar-refractivity contribution in [3.63, 3.8) is 0 Å². The first-order valence-corrected chi connectivity index (χ1v) is 10.8. The van der Waals surface area contributed by atoms with Crippen LogP contribution in [0.15, 0.2) is 12.1 Å². The Morgan fingerprint density at radius 1 is 1.04 bits per heavy atom. The lowest BCUT2D eigenvalue weighted by Crippen LogP contribution is -2.46. The molecule has 2 rings (SSSR count). The molecule has 0 amide bonds. The van der Waals surface area contributed by atoms with Gasteiger partial charge in [0.25, 0.3) is 0 Å². The molecule has 1 atom stereocenters. The van der Waals surface area contributed by atoms with Crippen molar-refractivity contribution in [2.75, 3.05) is 60.7 Å². The van der Waals surface area contributed by atoms with Crippen molar-refractivity contribution in [3.8, 4) is 17.2 Å². The van der Waals surface area contributed by atoms with E-state index in [2.05, 4.69) is 16.8 Å². The standard InChI is InChI=1S/C18H31N2O6P.ClH/c1-6-25-27(22,26-7-2)18(20-10-8-19(3)9-11-20)14-12-15(23-4)17(21)16(13-14)24-5;/h12-13,18,21H,6-11H2,1-5H3;1H. The number of aromatic hydroxyl groups is 1. The fraction of sp³-hybridized carbons (Fsp3) is 0.667. The molecule has 0 radical (unpaired) electrons. The molecule has 0 saturated carbocycles. The Morgan fingerprint density at radius 3 is 1.89 bits per heavy atom. The van der Waals surface area contributed by atoms with E-state index in [0.717, 1.165) is 26.2 Å². The summed E-state index contributed by atoms with van der Waals surface area (Å²) in [5.41, 5.74) is 0.663. The first-order chi connectivity index (χ1) is 12.9. The minimum Gasteiger partial charge on any atom is -0.502 e. The number of methoxy groups -OCH3 is 2. The van der Waals surface area contributed by atoms with Gasteiger partial charge < -0.3 is 28.5 Å². The van der Waals surface area contributed by atoms with Gasteiger partial charge in [0.15, 0.2) is 11.5 Å². The number of likely N-dealkylation sites (N-methyl/N-ethyl adjacent to an activating group) is 1. The molecule has 1 aromatic carbocycles. The molecule has 1 aliphatic rings. The third-order valence-electron chi connectivity index (χ3n) is 4.60. The summed E-state index contributed by atoms with van der Waals surface area (Å²) < 4.78 is 35.7. The Balaban J connectivity index is 0.00000392. The van der Waals surface area contributed by atoms with Crippen LogP contribution in [0.2, 0.25) is 0 Å². The van der Waals surface area contributed by atoms with Crippen molar-refractivity contribution >= 4 is 20.0 Å². The smallest absolute Gasteiger partial charge is 0.352 e. The lowest BCUT2D eigenvalue weighted by atomic mass is 10.1. The maximum Gasteiger partial charge on any atom is 0.352 e. The van der Waals surface area contributed by atoms with Gasteiger partial charge in [0.2, 0.25) is 5.75 Å². The van der Waals surface area contributed by atoms with Gasteiger partial charge >= 0.3 is 7.60 Å². The van der Waals surface area contributed by atoms with Crippen LogP contribution in [0.3, 0.4) is 0 Å². The predicted octanol–water partition coefficient (Wildman–Crippen LogP) is 3.34. The second-order valence-electron chi connectivity index (χ2n) is 6.36. The number of phenolic OH excluding ortho intramolecular Hbond substituents is 1. The number of hydrogen-bond donors (Lipinski definition) is 1. The van der Waals surface area contributed by atoms with Crippen LogP contribution in [0.5, 0.6) is 17.2 Å². The number of ether oxygens (including phenoxy) is 2. The zero-order valence-corrected chi connectivity index (χ0v) is 18.9. The highest BCUT2D eigenvalue weighted by molar-refractivity contribution is 7.54. The topological polar surface area (TPSA) is 80.7 Å². The van der Waals surface area contributed by atoms with Crippen LogP contribution in [0.4, 0.5) is 0 Å². The van der Waals surface area contributed by atoms with Crippen molar-refractivity contribution in [2.24, 2.45) is 0 Å². The van der Waals surface area contributed by atoms with E-state index >= 15 is 0 Å². The van der Waals surface area contributed by atoms with Crippen molar-refractivity contribution in [1.29, 1.82) is 0 Å².